The zero-order valence-electron chi connectivity index (χ0n) is 18.1. The first-order valence-electron chi connectivity index (χ1n) is 10.4. The molecule has 1 aromatic carbocycles. The maximum absolute atomic E-state index is 13.2. The van der Waals surface area contributed by atoms with Crippen LogP contribution in [0.1, 0.15) is 23.4 Å². The number of anilines is 1. The van der Waals surface area contributed by atoms with Gasteiger partial charge in [-0.1, -0.05) is 6.07 Å². The quantitative estimate of drug-likeness (QED) is 0.466. The minimum Gasteiger partial charge on any atom is -0.338 e. The molecule has 8 heteroatoms. The third kappa shape index (κ3) is 4.58. The van der Waals surface area contributed by atoms with Crippen molar-refractivity contribution in [2.45, 2.75) is 33.4 Å². The van der Waals surface area contributed by atoms with Crippen LogP contribution in [0.5, 0.6) is 0 Å². The van der Waals surface area contributed by atoms with E-state index in [1.165, 1.54) is 0 Å². The summed E-state index contributed by atoms with van der Waals surface area (Å²) in [6, 6.07) is 9.66. The lowest BCUT2D eigenvalue weighted by Gasteiger charge is -2.23. The van der Waals surface area contributed by atoms with E-state index in [-0.39, 0.29) is 6.03 Å². The summed E-state index contributed by atoms with van der Waals surface area (Å²) in [5.41, 5.74) is 4.89. The highest BCUT2D eigenvalue weighted by molar-refractivity contribution is 5.95. The number of fused-ring (bicyclic) bond motifs is 1. The second-order valence-corrected chi connectivity index (χ2v) is 7.67. The number of pyridine rings is 1. The third-order valence-electron chi connectivity index (χ3n) is 5.51. The highest BCUT2D eigenvalue weighted by Gasteiger charge is 2.18. The van der Waals surface area contributed by atoms with Crippen LogP contribution in [-0.4, -0.2) is 36.9 Å². The number of aryl methyl sites for hydroxylation is 4. The van der Waals surface area contributed by atoms with Crippen molar-refractivity contribution in [2.75, 3.05) is 11.4 Å². The fraction of sp³-hybridized carbons (Fsp3) is 0.304. The molecule has 3 heterocycles. The molecule has 0 saturated carbocycles. The third-order valence-corrected chi connectivity index (χ3v) is 5.51. The molecule has 0 spiro atoms. The normalized spacial score (nSPS) is 11.1. The van der Waals surface area contributed by atoms with E-state index >= 15 is 0 Å². The largest absolute Gasteiger partial charge is 0.338 e. The lowest BCUT2D eigenvalue weighted by atomic mass is 10.1. The van der Waals surface area contributed by atoms with Gasteiger partial charge in [-0.2, -0.15) is 5.10 Å². The number of hydrogen-bond donors (Lipinski definition) is 1. The molecule has 1 N–H and O–H groups in total. The molecule has 0 saturated heterocycles. The van der Waals surface area contributed by atoms with E-state index in [1.54, 1.807) is 17.3 Å². The van der Waals surface area contributed by atoms with Crippen molar-refractivity contribution in [2.24, 2.45) is 7.05 Å². The van der Waals surface area contributed by atoms with Crippen LogP contribution in [-0.2, 0) is 20.1 Å². The Morgan fingerprint density at radius 3 is 2.77 bits per heavy atom. The zero-order chi connectivity index (χ0) is 21.8. The Kier molecular flexibility index (Phi) is 5.97. The summed E-state index contributed by atoms with van der Waals surface area (Å²) in [5.74, 6) is 0. The maximum Gasteiger partial charge on any atom is 0.322 e. The van der Waals surface area contributed by atoms with Crippen LogP contribution < -0.4 is 10.2 Å². The van der Waals surface area contributed by atoms with Crippen molar-refractivity contribution in [3.8, 4) is 0 Å². The van der Waals surface area contributed by atoms with E-state index in [4.69, 9.17) is 0 Å². The van der Waals surface area contributed by atoms with Crippen LogP contribution in [0, 0.1) is 13.8 Å². The van der Waals surface area contributed by atoms with Crippen molar-refractivity contribution in [3.05, 3.63) is 72.2 Å². The monoisotopic (exact) mass is 417 g/mol. The van der Waals surface area contributed by atoms with Crippen molar-refractivity contribution < 1.29 is 4.79 Å². The molecule has 0 aliphatic carbocycles. The van der Waals surface area contributed by atoms with Gasteiger partial charge in [-0.15, -0.1) is 0 Å². The number of urea groups is 1. The van der Waals surface area contributed by atoms with E-state index < -0.39 is 0 Å². The Balaban J connectivity index is 1.51. The highest BCUT2D eigenvalue weighted by Crippen LogP contribution is 2.25. The summed E-state index contributed by atoms with van der Waals surface area (Å²) in [4.78, 5) is 23.2. The molecule has 0 unspecified atom stereocenters. The van der Waals surface area contributed by atoms with Gasteiger partial charge in [0.05, 0.1) is 18.4 Å². The molecule has 0 atom stereocenters. The average Bonchev–Trinajstić information content (AvgIpc) is 3.32. The van der Waals surface area contributed by atoms with Crippen LogP contribution in [0.15, 0.2) is 55.2 Å². The van der Waals surface area contributed by atoms with Gasteiger partial charge in [0.1, 0.15) is 0 Å². The Bertz CT molecular complexity index is 1180. The van der Waals surface area contributed by atoms with Gasteiger partial charge < -0.3 is 9.88 Å². The van der Waals surface area contributed by atoms with Crippen molar-refractivity contribution in [1.82, 2.24) is 29.6 Å². The molecule has 160 valence electrons. The number of hydrogen-bond acceptors (Lipinski definition) is 4. The number of nitrogens with one attached hydrogen (secondary N) is 1. The predicted molar refractivity (Wildman–Crippen MR) is 121 cm³/mol. The van der Waals surface area contributed by atoms with Crippen LogP contribution in [0.3, 0.4) is 0 Å². The van der Waals surface area contributed by atoms with Gasteiger partial charge in [-0.3, -0.25) is 14.6 Å². The number of carbonyl (C=O) groups excluding carboxylic acids is 1. The van der Waals surface area contributed by atoms with Crippen LogP contribution in [0.25, 0.3) is 10.9 Å². The summed E-state index contributed by atoms with van der Waals surface area (Å²) >= 11 is 0. The minimum absolute atomic E-state index is 0.132. The molecule has 0 radical (unpaired) electrons. The molecular weight excluding hydrogens is 390 g/mol. The number of amides is 2. The van der Waals surface area contributed by atoms with E-state index in [0.29, 0.717) is 13.1 Å². The molecule has 0 bridgehead atoms. The molecule has 0 fully saturated rings. The van der Waals surface area contributed by atoms with E-state index in [9.17, 15) is 4.79 Å². The fourth-order valence-corrected chi connectivity index (χ4v) is 3.60. The number of nitrogens with zero attached hydrogens (tertiary/aromatic N) is 6. The Morgan fingerprint density at radius 2 is 2.03 bits per heavy atom. The van der Waals surface area contributed by atoms with Crippen LogP contribution in [0.4, 0.5) is 10.5 Å². The Labute approximate surface area is 181 Å². The number of rotatable bonds is 7. The van der Waals surface area contributed by atoms with Crippen LogP contribution >= 0.6 is 0 Å². The second-order valence-electron chi connectivity index (χ2n) is 7.67. The summed E-state index contributed by atoms with van der Waals surface area (Å²) in [6.07, 6.45) is 8.00. The van der Waals surface area contributed by atoms with E-state index in [1.807, 2.05) is 68.4 Å². The summed E-state index contributed by atoms with van der Waals surface area (Å²) in [7, 11) is 1.93. The van der Waals surface area contributed by atoms with Gasteiger partial charge in [0.25, 0.3) is 0 Å². The molecule has 4 aromatic rings. The standard InChI is InChI=1S/C23H27N7O/c1-17-13-25-16-29(17)11-5-10-26-23(31)30(15-19-6-4-9-24-14-19)20-7-8-22-21(12-20)18(2)28(3)27-22/h4,6-9,12-14,16H,5,10-11,15H2,1-3H3,(H,26,31). The Hall–Kier alpha value is -3.68. The SMILES string of the molecule is Cc1cncn1CCCNC(=O)N(Cc1cccnc1)c1ccc2nn(C)c(C)c2c1. The molecular formula is C23H27N7O. The molecule has 3 aromatic heterocycles. The predicted octanol–water partition coefficient (Wildman–Crippen LogP) is 3.59. The first kappa shape index (κ1) is 20.6. The highest BCUT2D eigenvalue weighted by atomic mass is 16.2. The Morgan fingerprint density at radius 1 is 1.16 bits per heavy atom. The lowest BCUT2D eigenvalue weighted by molar-refractivity contribution is 0.245. The van der Waals surface area contributed by atoms with Gasteiger partial charge in [0.15, 0.2) is 0 Å². The topological polar surface area (TPSA) is 80.9 Å². The smallest absolute Gasteiger partial charge is 0.322 e. The minimum atomic E-state index is -0.132. The van der Waals surface area contributed by atoms with Gasteiger partial charge >= 0.3 is 6.03 Å². The molecule has 8 nitrogen and oxygen atoms in total. The summed E-state index contributed by atoms with van der Waals surface area (Å²) in [5, 5.41) is 8.62. The lowest BCUT2D eigenvalue weighted by Crippen LogP contribution is -2.40. The molecule has 0 aliphatic rings. The van der Waals surface area contributed by atoms with Gasteiger partial charge in [0.2, 0.25) is 0 Å². The molecule has 0 aliphatic heterocycles. The van der Waals surface area contributed by atoms with Crippen molar-refractivity contribution >= 4 is 22.6 Å². The first-order chi connectivity index (χ1) is 15.0. The number of carbonyl (C=O) groups is 1. The molecule has 31 heavy (non-hydrogen) atoms. The number of imidazole rings is 1. The fourth-order valence-electron chi connectivity index (χ4n) is 3.60. The molecule has 2 amide bonds. The van der Waals surface area contributed by atoms with Crippen LogP contribution in [0.2, 0.25) is 0 Å². The van der Waals surface area contributed by atoms with Gasteiger partial charge in [-0.05, 0) is 50.1 Å². The van der Waals surface area contributed by atoms with Gasteiger partial charge in [0, 0.05) is 61.2 Å². The summed E-state index contributed by atoms with van der Waals surface area (Å²) in [6.45, 7) is 5.88. The van der Waals surface area contributed by atoms with Gasteiger partial charge in [-0.25, -0.2) is 9.78 Å². The zero-order valence-corrected chi connectivity index (χ0v) is 18.1. The number of aromatic nitrogens is 5. The average molecular weight is 418 g/mol. The van der Waals surface area contributed by atoms with Crippen molar-refractivity contribution in [3.63, 3.8) is 0 Å². The van der Waals surface area contributed by atoms with Crippen molar-refractivity contribution in [1.29, 1.82) is 0 Å². The maximum atomic E-state index is 13.2. The number of benzene rings is 1. The molecule has 4 rings (SSSR count). The first-order valence-corrected chi connectivity index (χ1v) is 10.4. The van der Waals surface area contributed by atoms with E-state index in [0.717, 1.165) is 46.5 Å². The second kappa shape index (κ2) is 8.99. The summed E-state index contributed by atoms with van der Waals surface area (Å²) < 4.78 is 3.94. The van der Waals surface area contributed by atoms with E-state index in [2.05, 4.69) is 25.0 Å².